The summed E-state index contributed by atoms with van der Waals surface area (Å²) in [5.41, 5.74) is -0.861. The second kappa shape index (κ2) is 12.7. The van der Waals surface area contributed by atoms with Crippen LogP contribution in [-0.2, 0) is 20.9 Å². The minimum atomic E-state index is -4.49. The van der Waals surface area contributed by atoms with Crippen molar-refractivity contribution in [2.75, 3.05) is 46.9 Å². The Balaban J connectivity index is 1.73. The Morgan fingerprint density at radius 2 is 1.64 bits per heavy atom. The number of sulfonamides is 1. The molecular weight excluding hydrogens is 453 g/mol. The molecule has 1 aromatic carbocycles. The molecule has 1 saturated carbocycles. The predicted octanol–water partition coefficient (Wildman–Crippen LogP) is 4.82. The molecule has 1 aliphatic carbocycles. The van der Waals surface area contributed by atoms with Crippen LogP contribution in [0.4, 0.5) is 13.2 Å². The molecule has 0 saturated heterocycles. The summed E-state index contributed by atoms with van der Waals surface area (Å²) in [5, 5.41) is 0. The van der Waals surface area contributed by atoms with Crippen LogP contribution in [-0.4, -0.2) is 64.6 Å². The molecule has 0 unspecified atom stereocenters. The Morgan fingerprint density at radius 3 is 2.21 bits per heavy atom. The van der Waals surface area contributed by atoms with Gasteiger partial charge in [0.05, 0.1) is 17.1 Å². The molecule has 33 heavy (non-hydrogen) atoms. The van der Waals surface area contributed by atoms with Gasteiger partial charge in [0.1, 0.15) is 0 Å². The van der Waals surface area contributed by atoms with Gasteiger partial charge in [-0.2, -0.15) is 13.2 Å². The van der Waals surface area contributed by atoms with Crippen molar-refractivity contribution in [1.82, 2.24) is 9.21 Å². The van der Waals surface area contributed by atoms with Gasteiger partial charge in [0.2, 0.25) is 10.0 Å². The fourth-order valence-corrected chi connectivity index (χ4v) is 5.21. The highest BCUT2D eigenvalue weighted by molar-refractivity contribution is 7.89. The zero-order valence-electron chi connectivity index (χ0n) is 19.4. The number of hydrogen-bond acceptors (Lipinski definition) is 4. The lowest BCUT2D eigenvalue weighted by Gasteiger charge is -2.30. The van der Waals surface area contributed by atoms with E-state index in [0.29, 0.717) is 25.7 Å². The van der Waals surface area contributed by atoms with Crippen LogP contribution < -0.4 is 0 Å². The molecule has 0 amide bonds. The maximum Gasteiger partial charge on any atom is 0.416 e. The number of alkyl halides is 3. The molecule has 9 heteroatoms. The summed E-state index contributed by atoms with van der Waals surface area (Å²) < 4.78 is 70.7. The fraction of sp³-hybridized carbons (Fsp3) is 0.583. The van der Waals surface area contributed by atoms with Gasteiger partial charge in [-0.1, -0.05) is 18.2 Å². The average Bonchev–Trinajstić information content (AvgIpc) is 2.77. The van der Waals surface area contributed by atoms with Crippen molar-refractivity contribution in [2.24, 2.45) is 11.8 Å². The number of nitrogens with zero attached hydrogens (tertiary/aromatic N) is 2. The molecule has 0 aromatic heterocycles. The van der Waals surface area contributed by atoms with Crippen molar-refractivity contribution in [3.05, 3.63) is 54.6 Å². The van der Waals surface area contributed by atoms with E-state index in [1.807, 2.05) is 19.2 Å². The highest BCUT2D eigenvalue weighted by Crippen LogP contribution is 2.32. The Morgan fingerprint density at radius 1 is 1.03 bits per heavy atom. The largest absolute Gasteiger partial charge is 0.416 e. The SMILES string of the molecule is C=CCN(C)CC=CCOC[C@H]1CC[C@H](CN(C)S(=O)(=O)c2ccc(C(F)(F)F)cc2)CC1. The molecule has 1 aliphatic rings. The smallest absolute Gasteiger partial charge is 0.377 e. The molecule has 5 nitrogen and oxygen atoms in total. The van der Waals surface area contributed by atoms with Gasteiger partial charge in [-0.15, -0.1) is 6.58 Å². The van der Waals surface area contributed by atoms with Crippen LogP contribution in [0.1, 0.15) is 31.2 Å². The Hall–Kier alpha value is -1.68. The van der Waals surface area contributed by atoms with Crippen LogP contribution in [0.25, 0.3) is 0 Å². The molecule has 0 heterocycles. The van der Waals surface area contributed by atoms with E-state index in [2.05, 4.69) is 17.6 Å². The lowest BCUT2D eigenvalue weighted by atomic mass is 9.82. The minimum Gasteiger partial charge on any atom is -0.377 e. The standard InChI is InChI=1S/C24H35F3N2O3S/c1-4-15-28(2)16-5-6-17-32-19-21-9-7-20(8-10-21)18-29(3)33(30,31)23-13-11-22(12-14-23)24(25,26)27/h4-6,11-14,20-21H,1,7-10,15-19H2,2-3H3/t20-,21-. The third kappa shape index (κ3) is 8.88. The van der Waals surface area contributed by atoms with E-state index in [4.69, 9.17) is 4.74 Å². The van der Waals surface area contributed by atoms with Gasteiger partial charge in [0.15, 0.2) is 0 Å². The lowest BCUT2D eigenvalue weighted by molar-refractivity contribution is -0.137. The van der Waals surface area contributed by atoms with E-state index in [1.54, 1.807) is 0 Å². The summed E-state index contributed by atoms with van der Waals surface area (Å²) in [6, 6.07) is 3.66. The highest BCUT2D eigenvalue weighted by atomic mass is 32.2. The van der Waals surface area contributed by atoms with Crippen LogP contribution in [0.15, 0.2) is 54.0 Å². The Bertz CT molecular complexity index is 862. The highest BCUT2D eigenvalue weighted by Gasteiger charge is 2.32. The second-order valence-corrected chi connectivity index (χ2v) is 10.8. The molecular formula is C24H35F3N2O3S. The molecule has 0 spiro atoms. The van der Waals surface area contributed by atoms with Gasteiger partial charge in [-0.05, 0) is 68.8 Å². The fourth-order valence-electron chi connectivity index (χ4n) is 3.96. The summed E-state index contributed by atoms with van der Waals surface area (Å²) in [6.45, 7) is 7.04. The van der Waals surface area contributed by atoms with E-state index in [1.165, 1.54) is 11.4 Å². The van der Waals surface area contributed by atoms with Gasteiger partial charge >= 0.3 is 6.18 Å². The first-order valence-electron chi connectivity index (χ1n) is 11.2. The summed E-state index contributed by atoms with van der Waals surface area (Å²) in [5.74, 6) is 0.700. The average molecular weight is 489 g/mol. The number of ether oxygens (including phenoxy) is 1. The third-order valence-corrected chi connectivity index (χ3v) is 7.80. The normalized spacial score (nSPS) is 20.1. The zero-order chi connectivity index (χ0) is 24.5. The number of likely N-dealkylation sites (N-methyl/N-ethyl adjacent to an activating group) is 1. The minimum absolute atomic E-state index is 0.121. The predicted molar refractivity (Wildman–Crippen MR) is 124 cm³/mol. The van der Waals surface area contributed by atoms with E-state index >= 15 is 0 Å². The molecule has 0 N–H and O–H groups in total. The number of benzene rings is 1. The first-order valence-corrected chi connectivity index (χ1v) is 12.6. The zero-order valence-corrected chi connectivity index (χ0v) is 20.2. The van der Waals surface area contributed by atoms with E-state index in [0.717, 1.165) is 63.0 Å². The number of hydrogen-bond donors (Lipinski definition) is 0. The van der Waals surface area contributed by atoms with Crippen molar-refractivity contribution in [1.29, 1.82) is 0 Å². The van der Waals surface area contributed by atoms with Crippen molar-refractivity contribution < 1.29 is 26.3 Å². The topological polar surface area (TPSA) is 49.9 Å². The molecule has 0 atom stereocenters. The monoisotopic (exact) mass is 488 g/mol. The summed E-state index contributed by atoms with van der Waals surface area (Å²) >= 11 is 0. The van der Waals surface area contributed by atoms with E-state index < -0.39 is 21.8 Å². The molecule has 1 fully saturated rings. The first-order chi connectivity index (χ1) is 15.5. The van der Waals surface area contributed by atoms with Gasteiger partial charge in [-0.3, -0.25) is 4.90 Å². The maximum atomic E-state index is 12.7. The van der Waals surface area contributed by atoms with Crippen LogP contribution >= 0.6 is 0 Å². The molecule has 2 rings (SSSR count). The summed E-state index contributed by atoms with van der Waals surface area (Å²) in [6.07, 6.45) is 5.23. The number of rotatable bonds is 12. The van der Waals surface area contributed by atoms with Crippen LogP contribution in [0.5, 0.6) is 0 Å². The van der Waals surface area contributed by atoms with Crippen LogP contribution in [0, 0.1) is 11.8 Å². The Labute approximate surface area is 196 Å². The molecule has 1 aromatic rings. The van der Waals surface area contributed by atoms with Crippen molar-refractivity contribution in [2.45, 2.75) is 36.8 Å². The lowest BCUT2D eigenvalue weighted by Crippen LogP contribution is -2.34. The van der Waals surface area contributed by atoms with E-state index in [9.17, 15) is 21.6 Å². The molecule has 186 valence electrons. The second-order valence-electron chi connectivity index (χ2n) is 8.71. The molecule has 0 aliphatic heterocycles. The van der Waals surface area contributed by atoms with E-state index in [-0.39, 0.29) is 10.8 Å². The van der Waals surface area contributed by atoms with Gasteiger partial charge in [0.25, 0.3) is 0 Å². The van der Waals surface area contributed by atoms with Crippen LogP contribution in [0.2, 0.25) is 0 Å². The molecule has 0 bridgehead atoms. The number of halogens is 3. The first kappa shape index (κ1) is 27.6. The molecule has 0 radical (unpaired) electrons. The van der Waals surface area contributed by atoms with Crippen molar-refractivity contribution in [3.63, 3.8) is 0 Å². The third-order valence-electron chi connectivity index (χ3n) is 5.96. The summed E-state index contributed by atoms with van der Waals surface area (Å²) in [7, 11) is -0.310. The van der Waals surface area contributed by atoms with Gasteiger partial charge in [-0.25, -0.2) is 12.7 Å². The van der Waals surface area contributed by atoms with Crippen molar-refractivity contribution in [3.8, 4) is 0 Å². The van der Waals surface area contributed by atoms with Crippen molar-refractivity contribution >= 4 is 10.0 Å². The quantitative estimate of drug-likeness (QED) is 0.313. The summed E-state index contributed by atoms with van der Waals surface area (Å²) in [4.78, 5) is 2.02. The van der Waals surface area contributed by atoms with Crippen LogP contribution in [0.3, 0.4) is 0 Å². The Kier molecular flexibility index (Phi) is 10.6. The van der Waals surface area contributed by atoms with Gasteiger partial charge < -0.3 is 4.74 Å². The van der Waals surface area contributed by atoms with Gasteiger partial charge in [0, 0.05) is 33.3 Å². The maximum absolute atomic E-state index is 12.7.